The lowest BCUT2D eigenvalue weighted by atomic mass is 10.2. The van der Waals surface area contributed by atoms with E-state index in [-0.39, 0.29) is 5.91 Å². The van der Waals surface area contributed by atoms with Gasteiger partial charge in [-0.25, -0.2) is 0 Å². The summed E-state index contributed by atoms with van der Waals surface area (Å²) in [7, 11) is 0. The predicted molar refractivity (Wildman–Crippen MR) is 101 cm³/mol. The molecule has 0 saturated carbocycles. The van der Waals surface area contributed by atoms with Crippen LogP contribution in [-0.4, -0.2) is 22.5 Å². The topological polar surface area (TPSA) is 76.1 Å². The second kappa shape index (κ2) is 8.62. The minimum absolute atomic E-state index is 0.290. The highest BCUT2D eigenvalue weighted by Gasteiger charge is 2.11. The molecule has 3 aromatic rings. The number of hydrogen-bond donors (Lipinski definition) is 2. The van der Waals surface area contributed by atoms with Crippen molar-refractivity contribution in [3.63, 3.8) is 0 Å². The lowest BCUT2D eigenvalue weighted by Gasteiger charge is -2.11. The van der Waals surface area contributed by atoms with Crippen molar-refractivity contribution in [1.82, 2.24) is 9.97 Å². The van der Waals surface area contributed by atoms with E-state index in [1.54, 1.807) is 30.7 Å². The summed E-state index contributed by atoms with van der Waals surface area (Å²) in [6.07, 6.45) is 5.14. The standard InChI is InChI=1S/C20H20N4O2/c1-2-26-19-8-4-3-7-17(19)24-20(25)18-12-16(9-11-22-18)23-14-15-6-5-10-21-13-15/h3-13H,2,14H2,1H3,(H,22,23)(H,24,25). The molecule has 0 fully saturated rings. The summed E-state index contributed by atoms with van der Waals surface area (Å²) in [5.41, 5.74) is 2.82. The number of carbonyl (C=O) groups excluding carboxylic acids is 1. The van der Waals surface area contributed by atoms with Gasteiger partial charge in [-0.1, -0.05) is 18.2 Å². The molecule has 0 aliphatic carbocycles. The van der Waals surface area contributed by atoms with Gasteiger partial charge in [0.15, 0.2) is 0 Å². The molecule has 3 rings (SSSR count). The molecule has 0 spiro atoms. The SMILES string of the molecule is CCOc1ccccc1NC(=O)c1cc(NCc2cccnc2)ccn1. The van der Waals surface area contributed by atoms with Crippen LogP contribution in [0, 0.1) is 0 Å². The molecule has 1 aromatic carbocycles. The highest BCUT2D eigenvalue weighted by Crippen LogP contribution is 2.24. The minimum atomic E-state index is -0.290. The number of carbonyl (C=O) groups is 1. The molecule has 0 atom stereocenters. The molecule has 1 amide bonds. The molecule has 6 nitrogen and oxygen atoms in total. The largest absolute Gasteiger partial charge is 0.492 e. The van der Waals surface area contributed by atoms with Crippen molar-refractivity contribution in [2.24, 2.45) is 0 Å². The average Bonchev–Trinajstić information content (AvgIpc) is 2.69. The van der Waals surface area contributed by atoms with Gasteiger partial charge in [0.1, 0.15) is 11.4 Å². The van der Waals surface area contributed by atoms with E-state index in [0.29, 0.717) is 30.3 Å². The van der Waals surface area contributed by atoms with Crippen LogP contribution in [0.25, 0.3) is 0 Å². The Morgan fingerprint density at radius 2 is 2.00 bits per heavy atom. The monoisotopic (exact) mass is 348 g/mol. The predicted octanol–water partition coefficient (Wildman–Crippen LogP) is 3.74. The van der Waals surface area contributed by atoms with Crippen LogP contribution in [0.2, 0.25) is 0 Å². The fourth-order valence-corrected chi connectivity index (χ4v) is 2.41. The van der Waals surface area contributed by atoms with Gasteiger partial charge < -0.3 is 15.4 Å². The second-order valence-corrected chi connectivity index (χ2v) is 5.53. The van der Waals surface area contributed by atoms with Crippen LogP contribution in [-0.2, 0) is 6.54 Å². The number of anilines is 2. The zero-order chi connectivity index (χ0) is 18.2. The molecule has 2 heterocycles. The molecule has 2 aromatic heterocycles. The maximum Gasteiger partial charge on any atom is 0.274 e. The van der Waals surface area contributed by atoms with Crippen molar-refractivity contribution < 1.29 is 9.53 Å². The summed E-state index contributed by atoms with van der Waals surface area (Å²) in [4.78, 5) is 20.8. The van der Waals surface area contributed by atoms with Crippen molar-refractivity contribution in [3.05, 3.63) is 78.4 Å². The Hall–Kier alpha value is -3.41. The number of nitrogens with zero attached hydrogens (tertiary/aromatic N) is 2. The molecular formula is C20H20N4O2. The third-order valence-corrected chi connectivity index (χ3v) is 3.65. The van der Waals surface area contributed by atoms with Crippen LogP contribution in [0.3, 0.4) is 0 Å². The Morgan fingerprint density at radius 3 is 2.81 bits per heavy atom. The van der Waals surface area contributed by atoms with Crippen LogP contribution in [0.15, 0.2) is 67.1 Å². The number of benzene rings is 1. The van der Waals surface area contributed by atoms with E-state index in [2.05, 4.69) is 20.6 Å². The molecule has 0 radical (unpaired) electrons. The summed E-state index contributed by atoms with van der Waals surface area (Å²) in [6, 6.07) is 14.7. The summed E-state index contributed by atoms with van der Waals surface area (Å²) < 4.78 is 5.53. The maximum absolute atomic E-state index is 12.5. The first-order chi connectivity index (χ1) is 12.8. The number of pyridine rings is 2. The highest BCUT2D eigenvalue weighted by molar-refractivity contribution is 6.04. The zero-order valence-electron chi connectivity index (χ0n) is 14.5. The fraction of sp³-hybridized carbons (Fsp3) is 0.150. The summed E-state index contributed by atoms with van der Waals surface area (Å²) in [5, 5.41) is 6.12. The van der Waals surface area contributed by atoms with Gasteiger partial charge in [0.05, 0.1) is 12.3 Å². The van der Waals surface area contributed by atoms with E-state index < -0.39 is 0 Å². The van der Waals surface area contributed by atoms with Gasteiger partial charge in [-0.15, -0.1) is 0 Å². The second-order valence-electron chi connectivity index (χ2n) is 5.53. The first-order valence-corrected chi connectivity index (χ1v) is 8.38. The van der Waals surface area contributed by atoms with Crippen molar-refractivity contribution >= 4 is 17.3 Å². The van der Waals surface area contributed by atoms with Gasteiger partial charge in [0.2, 0.25) is 0 Å². The van der Waals surface area contributed by atoms with E-state index in [4.69, 9.17) is 4.74 Å². The van der Waals surface area contributed by atoms with Crippen LogP contribution in [0.5, 0.6) is 5.75 Å². The molecular weight excluding hydrogens is 328 g/mol. The molecule has 0 saturated heterocycles. The summed E-state index contributed by atoms with van der Waals surface area (Å²) >= 11 is 0. The molecule has 0 bridgehead atoms. The van der Waals surface area contributed by atoms with Crippen molar-refractivity contribution in [3.8, 4) is 5.75 Å². The Bertz CT molecular complexity index is 868. The van der Waals surface area contributed by atoms with E-state index >= 15 is 0 Å². The lowest BCUT2D eigenvalue weighted by molar-refractivity contribution is 0.102. The van der Waals surface area contributed by atoms with Crippen LogP contribution >= 0.6 is 0 Å². The van der Waals surface area contributed by atoms with Gasteiger partial charge in [0.25, 0.3) is 5.91 Å². The van der Waals surface area contributed by atoms with Gasteiger partial charge in [-0.2, -0.15) is 0 Å². The van der Waals surface area contributed by atoms with E-state index in [1.807, 2.05) is 43.3 Å². The van der Waals surface area contributed by atoms with Gasteiger partial charge >= 0.3 is 0 Å². The lowest BCUT2D eigenvalue weighted by Crippen LogP contribution is -2.15. The fourth-order valence-electron chi connectivity index (χ4n) is 2.41. The number of aromatic nitrogens is 2. The van der Waals surface area contributed by atoms with E-state index in [1.165, 1.54) is 0 Å². The van der Waals surface area contributed by atoms with Crippen molar-refractivity contribution in [1.29, 1.82) is 0 Å². The Balaban J connectivity index is 1.68. The number of nitrogens with one attached hydrogen (secondary N) is 2. The number of para-hydroxylation sites is 2. The zero-order valence-corrected chi connectivity index (χ0v) is 14.5. The Morgan fingerprint density at radius 1 is 1.12 bits per heavy atom. The first kappa shape index (κ1) is 17.4. The van der Waals surface area contributed by atoms with E-state index in [9.17, 15) is 4.79 Å². The third kappa shape index (κ3) is 4.57. The van der Waals surface area contributed by atoms with Crippen LogP contribution < -0.4 is 15.4 Å². The minimum Gasteiger partial charge on any atom is -0.492 e. The number of hydrogen-bond acceptors (Lipinski definition) is 5. The normalized spacial score (nSPS) is 10.2. The first-order valence-electron chi connectivity index (χ1n) is 8.38. The highest BCUT2D eigenvalue weighted by atomic mass is 16.5. The third-order valence-electron chi connectivity index (χ3n) is 3.65. The van der Waals surface area contributed by atoms with Gasteiger partial charge in [-0.3, -0.25) is 14.8 Å². The smallest absolute Gasteiger partial charge is 0.274 e. The van der Waals surface area contributed by atoms with Crippen LogP contribution in [0.1, 0.15) is 23.0 Å². The maximum atomic E-state index is 12.5. The van der Waals surface area contributed by atoms with Gasteiger partial charge in [-0.05, 0) is 42.8 Å². The molecule has 6 heteroatoms. The molecule has 2 N–H and O–H groups in total. The van der Waals surface area contributed by atoms with Crippen molar-refractivity contribution in [2.45, 2.75) is 13.5 Å². The van der Waals surface area contributed by atoms with Crippen LogP contribution in [0.4, 0.5) is 11.4 Å². The molecule has 132 valence electrons. The summed E-state index contributed by atoms with van der Waals surface area (Å²) in [5.74, 6) is 0.344. The van der Waals surface area contributed by atoms with Gasteiger partial charge in [0, 0.05) is 30.8 Å². The number of rotatable bonds is 7. The Kier molecular flexibility index (Phi) is 5.77. The number of amides is 1. The quantitative estimate of drug-likeness (QED) is 0.680. The Labute approximate surface area is 152 Å². The number of ether oxygens (including phenoxy) is 1. The van der Waals surface area contributed by atoms with Crippen molar-refractivity contribution in [2.75, 3.05) is 17.2 Å². The average molecular weight is 348 g/mol. The molecule has 0 aliphatic rings. The molecule has 0 unspecified atom stereocenters. The summed E-state index contributed by atoms with van der Waals surface area (Å²) in [6.45, 7) is 3.04. The molecule has 0 aliphatic heterocycles. The van der Waals surface area contributed by atoms with E-state index in [0.717, 1.165) is 11.3 Å². The molecule has 26 heavy (non-hydrogen) atoms.